The maximum absolute atomic E-state index is 3.69. The number of likely N-dealkylation sites (tertiary alicyclic amines) is 1. The van der Waals surface area contributed by atoms with Crippen LogP contribution in [0, 0.1) is 5.92 Å². The Balaban J connectivity index is 2.26. The van der Waals surface area contributed by atoms with E-state index in [-0.39, 0.29) is 0 Å². The standard InChI is InChI=1S/C13H21BrN2S/c1-9(2)16-5-4-10(6-15-3)13(16)11-7-17-8-12(11)14/h7-10,13,15H,4-6H2,1-3H3. The highest BCUT2D eigenvalue weighted by Crippen LogP contribution is 2.42. The first kappa shape index (κ1) is 13.5. The van der Waals surface area contributed by atoms with Gasteiger partial charge in [0.05, 0.1) is 0 Å². The Morgan fingerprint density at radius 1 is 1.53 bits per heavy atom. The molecule has 1 aliphatic heterocycles. The molecule has 1 N–H and O–H groups in total. The average molecular weight is 317 g/mol. The fraction of sp³-hybridized carbons (Fsp3) is 0.692. The minimum atomic E-state index is 0.572. The van der Waals surface area contributed by atoms with Crippen molar-refractivity contribution in [2.24, 2.45) is 5.92 Å². The zero-order valence-corrected chi connectivity index (χ0v) is 13.1. The Hall–Kier alpha value is 0.100. The molecule has 4 heteroatoms. The molecular formula is C13H21BrN2S. The molecule has 0 aromatic carbocycles. The minimum absolute atomic E-state index is 0.572. The summed E-state index contributed by atoms with van der Waals surface area (Å²) in [6.45, 7) is 6.93. The van der Waals surface area contributed by atoms with E-state index in [2.05, 4.69) is 57.8 Å². The third-order valence-corrected chi connectivity index (χ3v) is 5.40. The SMILES string of the molecule is CNCC1CCN(C(C)C)C1c1cscc1Br. The van der Waals surface area contributed by atoms with Gasteiger partial charge in [-0.15, -0.1) is 0 Å². The van der Waals surface area contributed by atoms with Crippen molar-refractivity contribution in [1.29, 1.82) is 0 Å². The van der Waals surface area contributed by atoms with Gasteiger partial charge in [-0.1, -0.05) is 0 Å². The zero-order chi connectivity index (χ0) is 12.4. The topological polar surface area (TPSA) is 15.3 Å². The Morgan fingerprint density at radius 2 is 2.29 bits per heavy atom. The van der Waals surface area contributed by atoms with Crippen LogP contribution in [-0.4, -0.2) is 31.1 Å². The van der Waals surface area contributed by atoms with Crippen LogP contribution in [0.3, 0.4) is 0 Å². The first-order valence-electron chi connectivity index (χ1n) is 6.27. The van der Waals surface area contributed by atoms with E-state index in [4.69, 9.17) is 0 Å². The largest absolute Gasteiger partial charge is 0.319 e. The maximum Gasteiger partial charge on any atom is 0.0411 e. The van der Waals surface area contributed by atoms with Gasteiger partial charge in [-0.25, -0.2) is 0 Å². The number of thiophene rings is 1. The molecule has 2 unspecified atom stereocenters. The minimum Gasteiger partial charge on any atom is -0.319 e. The summed E-state index contributed by atoms with van der Waals surface area (Å²) in [4.78, 5) is 2.63. The molecule has 1 aromatic heterocycles. The van der Waals surface area contributed by atoms with Crippen LogP contribution in [0.1, 0.15) is 31.9 Å². The number of rotatable bonds is 4. The molecule has 0 amide bonds. The molecule has 2 rings (SSSR count). The van der Waals surface area contributed by atoms with E-state index in [0.717, 1.165) is 12.5 Å². The van der Waals surface area contributed by atoms with Crippen molar-refractivity contribution in [2.75, 3.05) is 20.1 Å². The van der Waals surface area contributed by atoms with Crippen molar-refractivity contribution in [3.8, 4) is 0 Å². The fourth-order valence-electron chi connectivity index (χ4n) is 2.87. The number of hydrogen-bond donors (Lipinski definition) is 1. The molecule has 96 valence electrons. The first-order valence-corrected chi connectivity index (χ1v) is 8.00. The van der Waals surface area contributed by atoms with E-state index in [1.54, 1.807) is 11.3 Å². The molecule has 1 saturated heterocycles. The molecule has 2 nitrogen and oxygen atoms in total. The van der Waals surface area contributed by atoms with Crippen LogP contribution in [0.2, 0.25) is 0 Å². The van der Waals surface area contributed by atoms with E-state index in [1.807, 2.05) is 0 Å². The molecule has 0 saturated carbocycles. The Labute approximate surface area is 117 Å². The van der Waals surface area contributed by atoms with E-state index < -0.39 is 0 Å². The smallest absolute Gasteiger partial charge is 0.0411 e. The maximum atomic E-state index is 3.69. The van der Waals surface area contributed by atoms with E-state index in [1.165, 1.54) is 23.0 Å². The molecule has 17 heavy (non-hydrogen) atoms. The third-order valence-electron chi connectivity index (χ3n) is 3.65. The number of nitrogens with one attached hydrogen (secondary N) is 1. The van der Waals surface area contributed by atoms with Crippen molar-refractivity contribution < 1.29 is 0 Å². The van der Waals surface area contributed by atoms with Gasteiger partial charge in [-0.3, -0.25) is 4.90 Å². The van der Waals surface area contributed by atoms with E-state index in [0.29, 0.717) is 12.1 Å². The van der Waals surface area contributed by atoms with Gasteiger partial charge < -0.3 is 5.32 Å². The summed E-state index contributed by atoms with van der Waals surface area (Å²) in [5, 5.41) is 7.84. The second kappa shape index (κ2) is 5.83. The highest BCUT2D eigenvalue weighted by molar-refractivity contribution is 9.10. The van der Waals surface area contributed by atoms with Crippen molar-refractivity contribution in [2.45, 2.75) is 32.4 Å². The van der Waals surface area contributed by atoms with Crippen LogP contribution >= 0.6 is 27.3 Å². The van der Waals surface area contributed by atoms with E-state index >= 15 is 0 Å². The quantitative estimate of drug-likeness (QED) is 0.914. The highest BCUT2D eigenvalue weighted by atomic mass is 79.9. The third kappa shape index (κ3) is 2.75. The summed E-state index contributed by atoms with van der Waals surface area (Å²) in [6.07, 6.45) is 1.30. The lowest BCUT2D eigenvalue weighted by molar-refractivity contribution is 0.182. The predicted octanol–water partition coefficient (Wildman–Crippen LogP) is 3.50. The summed E-state index contributed by atoms with van der Waals surface area (Å²) in [6, 6.07) is 1.19. The van der Waals surface area contributed by atoms with Crippen LogP contribution in [0.15, 0.2) is 15.2 Å². The molecular weight excluding hydrogens is 296 g/mol. The van der Waals surface area contributed by atoms with E-state index in [9.17, 15) is 0 Å². The summed E-state index contributed by atoms with van der Waals surface area (Å²) in [5.74, 6) is 0.730. The summed E-state index contributed by atoms with van der Waals surface area (Å²) >= 11 is 5.49. The van der Waals surface area contributed by atoms with Gasteiger partial charge in [0.2, 0.25) is 0 Å². The normalized spacial score (nSPS) is 25.9. The molecule has 0 radical (unpaired) electrons. The summed E-state index contributed by atoms with van der Waals surface area (Å²) in [5.41, 5.74) is 1.47. The second-order valence-corrected chi connectivity index (χ2v) is 6.66. The number of hydrogen-bond acceptors (Lipinski definition) is 3. The van der Waals surface area contributed by atoms with Gasteiger partial charge in [0.15, 0.2) is 0 Å². The molecule has 0 aliphatic carbocycles. The summed E-state index contributed by atoms with van der Waals surface area (Å²) in [7, 11) is 2.05. The molecule has 2 atom stereocenters. The monoisotopic (exact) mass is 316 g/mol. The van der Waals surface area contributed by atoms with Crippen molar-refractivity contribution in [1.82, 2.24) is 10.2 Å². The molecule has 1 aromatic rings. The van der Waals surface area contributed by atoms with Gasteiger partial charge in [0.1, 0.15) is 0 Å². The van der Waals surface area contributed by atoms with Crippen molar-refractivity contribution in [3.05, 3.63) is 20.8 Å². The van der Waals surface area contributed by atoms with Gasteiger partial charge in [0.25, 0.3) is 0 Å². The number of halogens is 1. The Bertz CT molecular complexity index is 364. The highest BCUT2D eigenvalue weighted by Gasteiger charge is 2.37. The van der Waals surface area contributed by atoms with Gasteiger partial charge in [-0.2, -0.15) is 11.3 Å². The lowest BCUT2D eigenvalue weighted by Crippen LogP contribution is -2.33. The van der Waals surface area contributed by atoms with Crippen LogP contribution in [-0.2, 0) is 0 Å². The molecule has 1 fully saturated rings. The van der Waals surface area contributed by atoms with Gasteiger partial charge in [-0.05, 0) is 73.2 Å². The van der Waals surface area contributed by atoms with Crippen LogP contribution in [0.25, 0.3) is 0 Å². The fourth-order valence-corrected chi connectivity index (χ4v) is 4.43. The van der Waals surface area contributed by atoms with Crippen LogP contribution in [0.4, 0.5) is 0 Å². The summed E-state index contributed by atoms with van der Waals surface area (Å²) < 4.78 is 1.28. The Morgan fingerprint density at radius 3 is 2.82 bits per heavy atom. The Kier molecular flexibility index (Phi) is 4.64. The van der Waals surface area contributed by atoms with Gasteiger partial charge >= 0.3 is 0 Å². The van der Waals surface area contributed by atoms with Crippen molar-refractivity contribution >= 4 is 27.3 Å². The van der Waals surface area contributed by atoms with Crippen LogP contribution in [0.5, 0.6) is 0 Å². The zero-order valence-electron chi connectivity index (χ0n) is 10.7. The lowest BCUT2D eigenvalue weighted by atomic mass is 9.95. The molecule has 0 bridgehead atoms. The predicted molar refractivity (Wildman–Crippen MR) is 78.6 cm³/mol. The molecule has 2 heterocycles. The molecule has 1 aliphatic rings. The second-order valence-electron chi connectivity index (χ2n) is 5.06. The average Bonchev–Trinajstić information content (AvgIpc) is 2.84. The van der Waals surface area contributed by atoms with Crippen LogP contribution < -0.4 is 5.32 Å². The van der Waals surface area contributed by atoms with Gasteiger partial charge in [0, 0.05) is 21.9 Å². The number of nitrogens with zero attached hydrogens (tertiary/aromatic N) is 1. The lowest BCUT2D eigenvalue weighted by Gasteiger charge is -2.31. The molecule has 0 spiro atoms. The van der Waals surface area contributed by atoms with Crippen molar-refractivity contribution in [3.63, 3.8) is 0 Å². The first-order chi connectivity index (χ1) is 8.15.